The molecule has 10 nitrogen and oxygen atoms in total. The maximum absolute atomic E-state index is 11.1. The van der Waals surface area contributed by atoms with Gasteiger partial charge in [0.1, 0.15) is 11.5 Å². The molecule has 4 aromatic heterocycles. The molecule has 6 rings (SSSR count). The Morgan fingerprint density at radius 1 is 0.796 bits per heavy atom. The molecule has 0 aliphatic heterocycles. The summed E-state index contributed by atoms with van der Waals surface area (Å²) in [5, 5.41) is 12.8. The van der Waals surface area contributed by atoms with E-state index in [0.717, 1.165) is 71.7 Å². The Morgan fingerprint density at radius 2 is 1.31 bits per heavy atom. The Balaban J connectivity index is 0.000000358. The summed E-state index contributed by atoms with van der Waals surface area (Å²) in [5.74, 6) is 3.36. The second-order valence-electron chi connectivity index (χ2n) is 12.4. The summed E-state index contributed by atoms with van der Waals surface area (Å²) < 4.78 is 21.4. The van der Waals surface area contributed by atoms with Crippen LogP contribution in [0, 0.1) is 60.6 Å². The van der Waals surface area contributed by atoms with Gasteiger partial charge < -0.3 is 29.2 Å². The molecule has 4 heterocycles. The maximum atomic E-state index is 11.1. The highest BCUT2D eigenvalue weighted by Crippen LogP contribution is 2.46. The lowest BCUT2D eigenvalue weighted by Gasteiger charge is -2.23. The van der Waals surface area contributed by atoms with Crippen LogP contribution in [0.15, 0.2) is 59.1 Å². The molecule has 0 aliphatic rings. The SMILES string of the molecule is CCS(C)(O)c1nc2ccc(OC)cc2[nH]1.CCSc1nc2ccc(OC)cc2[nH]1.Cc1c[n+]([O-])c(C)c(C)c1C.Cc1cnc(C)c(C)c1C.I.II. The molecule has 2 aromatic carbocycles. The van der Waals surface area contributed by atoms with E-state index in [2.05, 4.69) is 89.8 Å². The molecule has 6 aromatic rings. The van der Waals surface area contributed by atoms with Crippen molar-refractivity contribution in [1.82, 2.24) is 24.9 Å². The number of rotatable bonds is 6. The minimum Gasteiger partial charge on any atom is -0.618 e. The minimum absolute atomic E-state index is 0. The van der Waals surface area contributed by atoms with Crippen molar-refractivity contribution in [2.45, 2.75) is 79.6 Å². The van der Waals surface area contributed by atoms with Gasteiger partial charge in [-0.05, 0) is 107 Å². The summed E-state index contributed by atoms with van der Waals surface area (Å²) in [6.45, 7) is 20.3. The maximum Gasteiger partial charge on any atom is 0.192 e. The van der Waals surface area contributed by atoms with Crippen LogP contribution < -0.4 is 14.2 Å². The van der Waals surface area contributed by atoms with Crippen molar-refractivity contribution in [2.75, 3.05) is 32.0 Å². The van der Waals surface area contributed by atoms with Crippen molar-refractivity contribution in [3.8, 4) is 11.5 Å². The first-order chi connectivity index (χ1) is 25.1. The van der Waals surface area contributed by atoms with Gasteiger partial charge in [0.05, 0.1) is 36.3 Å². The highest BCUT2D eigenvalue weighted by atomic mass is 128. The molecule has 15 heteroatoms. The van der Waals surface area contributed by atoms with Crippen LogP contribution in [-0.2, 0) is 0 Å². The molecule has 1 atom stereocenters. The molecule has 0 bridgehead atoms. The number of thioether (sulfide) groups is 1. The number of aromatic nitrogens is 6. The average molecular weight is 1120 g/mol. The van der Waals surface area contributed by atoms with Crippen LogP contribution in [0.3, 0.4) is 0 Å². The van der Waals surface area contributed by atoms with E-state index in [0.29, 0.717) is 10.9 Å². The van der Waals surface area contributed by atoms with Crippen LogP contribution in [0.2, 0.25) is 0 Å². The number of benzene rings is 2. The van der Waals surface area contributed by atoms with Gasteiger partial charge in [-0.2, -0.15) is 4.73 Å². The number of methoxy groups -OCH3 is 2. The van der Waals surface area contributed by atoms with Gasteiger partial charge in [0, 0.05) is 85.1 Å². The molecule has 0 radical (unpaired) electrons. The predicted molar refractivity (Wildman–Crippen MR) is 258 cm³/mol. The standard InChI is InChI=1S/C11H16N2O2S.C10H12N2OS.C9H13NO.C9H13N.I2.HI/c1-4-16(3,14)11-12-9-6-5-8(15-2)7-10(9)13-11;1-3-14-10-11-8-5-4-7(13-2)6-9(8)12-10;1-6-5-10(11)9(4)8(3)7(6)2;1-6-5-10-9(4)8(3)7(6)2;1-2;/h5-7,14H,4H2,1-3H3,(H,12,13);4-6H,3H2,1-2H3,(H,11,12);5H,1-4H3;5H,1-4H3;;1H. The van der Waals surface area contributed by atoms with Crippen LogP contribution in [0.5, 0.6) is 11.5 Å². The molecular formula is C39H55I3N6O4S2. The van der Waals surface area contributed by atoms with Crippen molar-refractivity contribution < 1.29 is 18.8 Å². The Hall–Kier alpha value is -2.07. The molecule has 0 amide bonds. The van der Waals surface area contributed by atoms with Gasteiger partial charge in [-0.1, -0.05) is 35.9 Å². The Bertz CT molecular complexity index is 2040. The average Bonchev–Trinajstić information content (AvgIpc) is 3.79. The molecule has 0 spiro atoms. The van der Waals surface area contributed by atoms with Crippen molar-refractivity contribution >= 4 is 105 Å². The zero-order valence-electron chi connectivity index (χ0n) is 33.5. The van der Waals surface area contributed by atoms with E-state index in [-0.39, 0.29) is 24.0 Å². The van der Waals surface area contributed by atoms with E-state index in [9.17, 15) is 9.76 Å². The van der Waals surface area contributed by atoms with Gasteiger partial charge in [-0.15, -0.1) is 24.0 Å². The van der Waals surface area contributed by atoms with Gasteiger partial charge in [-0.3, -0.25) is 4.98 Å². The second kappa shape index (κ2) is 23.9. The molecule has 0 saturated heterocycles. The van der Waals surface area contributed by atoms with E-state index < -0.39 is 10.3 Å². The normalized spacial score (nSPS) is 11.9. The zero-order valence-corrected chi connectivity index (χ0v) is 41.8. The summed E-state index contributed by atoms with van der Waals surface area (Å²) in [7, 11) is 1.51. The lowest BCUT2D eigenvalue weighted by atomic mass is 10.1. The number of pyridine rings is 2. The van der Waals surface area contributed by atoms with Crippen molar-refractivity contribution in [2.24, 2.45) is 0 Å². The molecule has 0 saturated carbocycles. The summed E-state index contributed by atoms with van der Waals surface area (Å²) in [6, 6.07) is 11.5. The quantitative estimate of drug-likeness (QED) is 0.0649. The number of imidazole rings is 2. The number of nitrogens with zero attached hydrogens (tertiary/aromatic N) is 4. The van der Waals surface area contributed by atoms with E-state index in [1.807, 2.05) is 90.4 Å². The summed E-state index contributed by atoms with van der Waals surface area (Å²) >= 11 is 5.95. The van der Waals surface area contributed by atoms with Crippen LogP contribution in [0.1, 0.15) is 58.6 Å². The van der Waals surface area contributed by atoms with Crippen LogP contribution >= 0.6 is 83.3 Å². The summed E-state index contributed by atoms with van der Waals surface area (Å²) in [5.41, 5.74) is 13.1. The van der Waals surface area contributed by atoms with E-state index in [1.54, 1.807) is 32.2 Å². The lowest BCUT2D eigenvalue weighted by Crippen LogP contribution is -2.31. The van der Waals surface area contributed by atoms with Gasteiger partial charge >= 0.3 is 0 Å². The number of nitrogens with one attached hydrogen (secondary N) is 2. The number of fused-ring (bicyclic) bond motifs is 2. The second-order valence-corrected chi connectivity index (χ2v) is 16.7. The molecule has 1 unspecified atom stereocenters. The third-order valence-electron chi connectivity index (χ3n) is 9.08. The molecule has 54 heavy (non-hydrogen) atoms. The number of halogens is 3. The fourth-order valence-electron chi connectivity index (χ4n) is 4.79. The lowest BCUT2D eigenvalue weighted by molar-refractivity contribution is -0.613. The first kappa shape index (κ1) is 49.9. The molecule has 298 valence electrons. The fourth-order valence-corrected chi connectivity index (χ4v) is 6.31. The van der Waals surface area contributed by atoms with E-state index >= 15 is 0 Å². The molecule has 0 aliphatic carbocycles. The molecule has 0 fully saturated rings. The first-order valence-corrected chi connectivity index (χ1v) is 26.4. The number of hydrogen-bond acceptors (Lipinski definition) is 8. The molecule has 3 N–H and O–H groups in total. The van der Waals surface area contributed by atoms with Crippen molar-refractivity contribution in [1.29, 1.82) is 0 Å². The summed E-state index contributed by atoms with van der Waals surface area (Å²) in [4.78, 5) is 19.5. The number of hydrogen-bond donors (Lipinski definition) is 3. The van der Waals surface area contributed by atoms with Crippen LogP contribution in [-0.4, -0.2) is 61.5 Å². The topological polar surface area (TPSA) is 136 Å². The fraction of sp³-hybridized carbons (Fsp3) is 0.385. The van der Waals surface area contributed by atoms with E-state index in [1.165, 1.54) is 22.3 Å². The minimum atomic E-state index is -1.79. The predicted octanol–water partition coefficient (Wildman–Crippen LogP) is 11.8. The van der Waals surface area contributed by atoms with Crippen LogP contribution in [0.25, 0.3) is 22.1 Å². The summed E-state index contributed by atoms with van der Waals surface area (Å²) in [6.07, 6.45) is 5.39. The number of aromatic amines is 2. The number of ether oxygens (including phenoxy) is 2. The van der Waals surface area contributed by atoms with Gasteiger partial charge in [-0.25, -0.2) is 9.97 Å². The highest BCUT2D eigenvalue weighted by molar-refractivity contribution is 15.0. The number of H-pyrrole nitrogens is 2. The van der Waals surface area contributed by atoms with Crippen LogP contribution in [0.4, 0.5) is 0 Å². The van der Waals surface area contributed by atoms with Gasteiger partial charge in [0.15, 0.2) is 22.2 Å². The molecular weight excluding hydrogens is 1060 g/mol. The first-order valence-electron chi connectivity index (χ1n) is 17.0. The smallest absolute Gasteiger partial charge is 0.192 e. The number of aryl methyl sites for hydroxylation is 3. The van der Waals surface area contributed by atoms with Crippen molar-refractivity contribution in [3.05, 3.63) is 98.8 Å². The highest BCUT2D eigenvalue weighted by Gasteiger charge is 2.19. The van der Waals surface area contributed by atoms with Crippen molar-refractivity contribution in [3.63, 3.8) is 0 Å². The monoisotopic (exact) mass is 1120 g/mol. The Kier molecular flexibility index (Phi) is 22.1. The third kappa shape index (κ3) is 13.8. The van der Waals surface area contributed by atoms with E-state index in [4.69, 9.17) is 9.47 Å². The van der Waals surface area contributed by atoms with Gasteiger partial charge in [0.25, 0.3) is 0 Å². The van der Waals surface area contributed by atoms with Gasteiger partial charge in [0.2, 0.25) is 0 Å². The Labute approximate surface area is 367 Å². The zero-order chi connectivity index (χ0) is 40.0. The third-order valence-corrected chi connectivity index (χ3v) is 12.0. The Morgan fingerprint density at radius 3 is 1.81 bits per heavy atom. The largest absolute Gasteiger partial charge is 0.618 e.